The van der Waals surface area contributed by atoms with Crippen LogP contribution in [0.2, 0.25) is 0 Å². The molecule has 0 aliphatic rings. The first-order chi connectivity index (χ1) is 17.5. The number of carbonyl (C=O) groups is 2. The largest absolute Gasteiger partial charge is 0.504 e. The highest BCUT2D eigenvalue weighted by Crippen LogP contribution is 2.29. The molecular formula is C26H34N4O6. The molecule has 0 unspecified atom stereocenters. The molecule has 2 aromatic rings. The standard InChI is InChI=1S/C26H34N4O6/c1-3-35-21-13-9-11-19(25(21)33)17-27-29-23(31)15-7-5-6-8-16-24(32)30-28-18-20-12-10-14-22(26(20)34)36-4-2/h9-14,17-18,33-34H,3-8,15-16H2,1-2H3,(H,29,31)(H,30,32)/b27-17+,28-18+. The van der Waals surface area contributed by atoms with Crippen molar-refractivity contribution in [1.29, 1.82) is 0 Å². The fourth-order valence-electron chi connectivity index (χ4n) is 3.22. The number of carbonyl (C=O) groups excluding carboxylic acids is 2. The zero-order chi connectivity index (χ0) is 26.2. The molecule has 0 saturated carbocycles. The molecular weight excluding hydrogens is 464 g/mol. The number of rotatable bonds is 15. The number of unbranched alkanes of at least 4 members (excludes halogenated alkanes) is 3. The molecule has 2 amide bonds. The van der Waals surface area contributed by atoms with Crippen molar-refractivity contribution in [3.05, 3.63) is 47.5 Å². The quantitative estimate of drug-likeness (QED) is 0.167. The van der Waals surface area contributed by atoms with Crippen molar-refractivity contribution in [2.45, 2.75) is 52.4 Å². The number of hydrazone groups is 2. The van der Waals surface area contributed by atoms with Crippen LogP contribution in [0.3, 0.4) is 0 Å². The van der Waals surface area contributed by atoms with Gasteiger partial charge in [-0.05, 0) is 51.0 Å². The van der Waals surface area contributed by atoms with Crippen LogP contribution in [0.15, 0.2) is 46.6 Å². The number of hydrogen-bond acceptors (Lipinski definition) is 8. The van der Waals surface area contributed by atoms with Gasteiger partial charge >= 0.3 is 0 Å². The van der Waals surface area contributed by atoms with Crippen molar-refractivity contribution in [2.75, 3.05) is 13.2 Å². The second kappa shape index (κ2) is 15.8. The lowest BCUT2D eigenvalue weighted by Gasteiger charge is -2.07. The van der Waals surface area contributed by atoms with Gasteiger partial charge in [-0.2, -0.15) is 10.2 Å². The van der Waals surface area contributed by atoms with Crippen molar-refractivity contribution in [2.24, 2.45) is 10.2 Å². The second-order valence-electron chi connectivity index (χ2n) is 7.75. The molecule has 194 valence electrons. The Morgan fingerprint density at radius 1 is 0.750 bits per heavy atom. The van der Waals surface area contributed by atoms with Crippen LogP contribution in [0.5, 0.6) is 23.0 Å². The monoisotopic (exact) mass is 498 g/mol. The van der Waals surface area contributed by atoms with Crippen molar-refractivity contribution in [3.8, 4) is 23.0 Å². The SMILES string of the molecule is CCOc1cccc(/C=N/NC(=O)CCCCCCC(=O)N/N=C/c2cccc(OCC)c2O)c1O. The van der Waals surface area contributed by atoms with E-state index in [1.807, 2.05) is 13.8 Å². The van der Waals surface area contributed by atoms with Gasteiger partial charge in [-0.1, -0.05) is 25.0 Å². The first-order valence-electron chi connectivity index (χ1n) is 12.0. The molecule has 2 rings (SSSR count). The summed E-state index contributed by atoms with van der Waals surface area (Å²) in [6.07, 6.45) is 6.28. The summed E-state index contributed by atoms with van der Waals surface area (Å²) in [6, 6.07) is 10.1. The Bertz CT molecular complexity index is 971. The number of benzene rings is 2. The Morgan fingerprint density at radius 3 is 1.56 bits per heavy atom. The lowest BCUT2D eigenvalue weighted by Crippen LogP contribution is -2.17. The molecule has 0 aliphatic carbocycles. The van der Waals surface area contributed by atoms with Crippen LogP contribution in [0, 0.1) is 0 Å². The zero-order valence-electron chi connectivity index (χ0n) is 20.7. The van der Waals surface area contributed by atoms with Crippen LogP contribution >= 0.6 is 0 Å². The fraction of sp³-hybridized carbons (Fsp3) is 0.385. The molecule has 0 bridgehead atoms. The maximum absolute atomic E-state index is 11.9. The van der Waals surface area contributed by atoms with Crippen LogP contribution in [0.4, 0.5) is 0 Å². The van der Waals surface area contributed by atoms with E-state index in [2.05, 4.69) is 21.1 Å². The lowest BCUT2D eigenvalue weighted by molar-refractivity contribution is -0.122. The molecule has 0 heterocycles. The van der Waals surface area contributed by atoms with Crippen molar-refractivity contribution >= 4 is 24.2 Å². The van der Waals surface area contributed by atoms with Gasteiger partial charge in [-0.25, -0.2) is 10.9 Å². The van der Waals surface area contributed by atoms with Gasteiger partial charge in [0.25, 0.3) is 0 Å². The number of nitrogens with one attached hydrogen (secondary N) is 2. The highest BCUT2D eigenvalue weighted by Gasteiger charge is 2.07. The molecule has 0 saturated heterocycles. The van der Waals surface area contributed by atoms with Gasteiger partial charge in [0.1, 0.15) is 0 Å². The third-order valence-corrected chi connectivity index (χ3v) is 5.00. The number of phenolic OH excluding ortho intramolecular Hbond substituents is 2. The first kappa shape index (κ1) is 28.2. The van der Waals surface area contributed by atoms with E-state index >= 15 is 0 Å². The van der Waals surface area contributed by atoms with E-state index in [4.69, 9.17) is 9.47 Å². The maximum atomic E-state index is 11.9. The molecule has 36 heavy (non-hydrogen) atoms. The van der Waals surface area contributed by atoms with Gasteiger partial charge in [-0.15, -0.1) is 0 Å². The third-order valence-electron chi connectivity index (χ3n) is 5.00. The molecule has 0 fully saturated rings. The average Bonchev–Trinajstić information content (AvgIpc) is 2.86. The Kier molecular flexibility index (Phi) is 12.3. The highest BCUT2D eigenvalue weighted by atomic mass is 16.5. The van der Waals surface area contributed by atoms with E-state index in [1.165, 1.54) is 12.4 Å². The van der Waals surface area contributed by atoms with Gasteiger partial charge in [0.2, 0.25) is 11.8 Å². The normalized spacial score (nSPS) is 11.1. The topological polar surface area (TPSA) is 142 Å². The number of phenols is 2. The Morgan fingerprint density at radius 2 is 1.17 bits per heavy atom. The fourth-order valence-corrected chi connectivity index (χ4v) is 3.22. The van der Waals surface area contributed by atoms with Crippen LogP contribution in [-0.4, -0.2) is 47.7 Å². The highest BCUT2D eigenvalue weighted by molar-refractivity contribution is 5.87. The van der Waals surface area contributed by atoms with Gasteiger partial charge in [-0.3, -0.25) is 9.59 Å². The summed E-state index contributed by atoms with van der Waals surface area (Å²) in [4.78, 5) is 23.9. The van der Waals surface area contributed by atoms with Gasteiger partial charge < -0.3 is 19.7 Å². The van der Waals surface area contributed by atoms with Crippen molar-refractivity contribution < 1.29 is 29.3 Å². The number of amides is 2. The lowest BCUT2D eigenvalue weighted by atomic mass is 10.1. The summed E-state index contributed by atoms with van der Waals surface area (Å²) in [5.41, 5.74) is 5.77. The summed E-state index contributed by atoms with van der Waals surface area (Å²) < 4.78 is 10.6. The Balaban J connectivity index is 1.59. The number of para-hydroxylation sites is 2. The first-order valence-corrected chi connectivity index (χ1v) is 12.0. The summed E-state index contributed by atoms with van der Waals surface area (Å²) >= 11 is 0. The van der Waals surface area contributed by atoms with E-state index in [-0.39, 0.29) is 23.3 Å². The summed E-state index contributed by atoms with van der Waals surface area (Å²) in [5, 5.41) is 28.0. The maximum Gasteiger partial charge on any atom is 0.240 e. The molecule has 4 N–H and O–H groups in total. The Labute approximate surface area is 211 Å². The predicted octanol–water partition coefficient (Wildman–Crippen LogP) is 3.84. The van der Waals surface area contributed by atoms with Crippen molar-refractivity contribution in [1.82, 2.24) is 10.9 Å². The van der Waals surface area contributed by atoms with Crippen molar-refractivity contribution in [3.63, 3.8) is 0 Å². The number of nitrogens with zero attached hydrogens (tertiary/aromatic N) is 2. The zero-order valence-corrected chi connectivity index (χ0v) is 20.7. The van der Waals surface area contributed by atoms with E-state index in [1.54, 1.807) is 36.4 Å². The van der Waals surface area contributed by atoms with Gasteiger partial charge in [0.15, 0.2) is 23.0 Å². The van der Waals surface area contributed by atoms with Crippen LogP contribution < -0.4 is 20.3 Å². The number of hydrogen-bond donors (Lipinski definition) is 4. The molecule has 0 radical (unpaired) electrons. The number of ether oxygens (including phenoxy) is 2. The molecule has 0 aliphatic heterocycles. The minimum absolute atomic E-state index is 0.0269. The smallest absolute Gasteiger partial charge is 0.240 e. The Hall–Kier alpha value is -4.08. The van der Waals surface area contributed by atoms with E-state index in [0.29, 0.717) is 61.5 Å². The van der Waals surface area contributed by atoms with Crippen LogP contribution in [0.25, 0.3) is 0 Å². The summed E-state index contributed by atoms with van der Waals surface area (Å²) in [6.45, 7) is 4.50. The molecule has 0 atom stereocenters. The molecule has 10 heteroatoms. The van der Waals surface area contributed by atoms with E-state index in [9.17, 15) is 19.8 Å². The summed E-state index contributed by atoms with van der Waals surface area (Å²) in [7, 11) is 0. The van der Waals surface area contributed by atoms with Crippen LogP contribution in [0.1, 0.15) is 63.5 Å². The average molecular weight is 499 g/mol. The van der Waals surface area contributed by atoms with E-state index in [0.717, 1.165) is 12.8 Å². The molecule has 0 aromatic heterocycles. The molecule has 10 nitrogen and oxygen atoms in total. The predicted molar refractivity (Wildman–Crippen MR) is 138 cm³/mol. The third kappa shape index (κ3) is 9.65. The molecule has 2 aromatic carbocycles. The van der Waals surface area contributed by atoms with Gasteiger partial charge in [0.05, 0.1) is 25.6 Å². The van der Waals surface area contributed by atoms with Crippen LogP contribution in [-0.2, 0) is 9.59 Å². The minimum Gasteiger partial charge on any atom is -0.504 e. The second-order valence-corrected chi connectivity index (χ2v) is 7.75. The molecule has 0 spiro atoms. The summed E-state index contributed by atoms with van der Waals surface area (Å²) in [5.74, 6) is 0.215. The minimum atomic E-state index is -0.226. The van der Waals surface area contributed by atoms with E-state index < -0.39 is 0 Å². The number of aromatic hydroxyl groups is 2. The van der Waals surface area contributed by atoms with Gasteiger partial charge in [0, 0.05) is 24.0 Å².